The van der Waals surface area contributed by atoms with Gasteiger partial charge in [0.05, 0.1) is 12.7 Å². The minimum Gasteiger partial charge on any atom is -0.490 e. The Hall–Kier alpha value is -2.48. The normalized spacial score (nSPS) is 11.6. The van der Waals surface area contributed by atoms with Gasteiger partial charge in [-0.1, -0.05) is 6.07 Å². The van der Waals surface area contributed by atoms with Gasteiger partial charge in [-0.3, -0.25) is 0 Å². The molecule has 0 aliphatic heterocycles. The second kappa shape index (κ2) is 8.57. The zero-order chi connectivity index (χ0) is 18.4. The van der Waals surface area contributed by atoms with Crippen molar-refractivity contribution in [2.24, 2.45) is 0 Å². The number of carbonyl (C=O) groups is 1. The van der Waals surface area contributed by atoms with Crippen molar-refractivity contribution >= 4 is 23.8 Å². The standard InChI is InChI=1S/C17H20N2O5S/c1-5-22-14-8-12(6-7-13(14)23-10(2)3)9-15(16(20)21)25-17-19-18-11(4)24-17/h6-10H,5H2,1-4H3,(H,20,21)/b15-9-. The molecule has 0 saturated carbocycles. The molecule has 2 rings (SSSR count). The van der Waals surface area contributed by atoms with Gasteiger partial charge in [0.2, 0.25) is 5.89 Å². The predicted molar refractivity (Wildman–Crippen MR) is 93.9 cm³/mol. The molecule has 0 unspecified atom stereocenters. The molecule has 0 radical (unpaired) electrons. The van der Waals surface area contributed by atoms with Gasteiger partial charge in [-0.05, 0) is 56.3 Å². The van der Waals surface area contributed by atoms with Crippen LogP contribution in [0.1, 0.15) is 32.2 Å². The maximum absolute atomic E-state index is 11.5. The molecule has 0 aliphatic rings. The monoisotopic (exact) mass is 364 g/mol. The quantitative estimate of drug-likeness (QED) is 0.558. The Morgan fingerprint density at radius 2 is 2.12 bits per heavy atom. The van der Waals surface area contributed by atoms with Gasteiger partial charge in [0.15, 0.2) is 11.5 Å². The number of ether oxygens (including phenoxy) is 2. The molecule has 0 fully saturated rings. The SMILES string of the molecule is CCOc1cc(/C=C(\Sc2nnc(C)o2)C(=O)O)ccc1OC(C)C. The van der Waals surface area contributed by atoms with Crippen LogP contribution in [-0.4, -0.2) is 34.0 Å². The first-order valence-corrected chi connectivity index (χ1v) is 8.57. The average Bonchev–Trinajstić information content (AvgIpc) is 2.94. The van der Waals surface area contributed by atoms with Crippen molar-refractivity contribution in [3.63, 3.8) is 0 Å². The minimum absolute atomic E-state index is 0.00602. The fourth-order valence-corrected chi connectivity index (χ4v) is 2.65. The van der Waals surface area contributed by atoms with E-state index in [-0.39, 0.29) is 16.2 Å². The van der Waals surface area contributed by atoms with E-state index < -0.39 is 5.97 Å². The van der Waals surface area contributed by atoms with Gasteiger partial charge in [0, 0.05) is 6.92 Å². The minimum atomic E-state index is -1.08. The summed E-state index contributed by atoms with van der Waals surface area (Å²) in [5.74, 6) is 0.474. The fraction of sp³-hybridized carbons (Fsp3) is 0.353. The third-order valence-corrected chi connectivity index (χ3v) is 3.70. The molecule has 0 spiro atoms. The lowest BCUT2D eigenvalue weighted by Gasteiger charge is -2.15. The van der Waals surface area contributed by atoms with E-state index in [0.717, 1.165) is 11.8 Å². The van der Waals surface area contributed by atoms with Gasteiger partial charge in [0.1, 0.15) is 4.91 Å². The van der Waals surface area contributed by atoms with Gasteiger partial charge in [-0.15, -0.1) is 10.2 Å². The average molecular weight is 364 g/mol. The van der Waals surface area contributed by atoms with Crippen molar-refractivity contribution in [2.75, 3.05) is 6.61 Å². The van der Waals surface area contributed by atoms with Crippen LogP contribution in [0.4, 0.5) is 0 Å². The largest absolute Gasteiger partial charge is 0.490 e. The van der Waals surface area contributed by atoms with Crippen LogP contribution in [0.5, 0.6) is 11.5 Å². The number of carboxylic acids is 1. The van der Waals surface area contributed by atoms with Gasteiger partial charge in [-0.2, -0.15) is 0 Å². The molecule has 2 aromatic rings. The van der Waals surface area contributed by atoms with Crippen molar-refractivity contribution in [3.8, 4) is 11.5 Å². The van der Waals surface area contributed by atoms with Crippen molar-refractivity contribution in [1.82, 2.24) is 10.2 Å². The number of thioether (sulfide) groups is 1. The number of hydrogen-bond donors (Lipinski definition) is 1. The number of aryl methyl sites for hydroxylation is 1. The molecule has 134 valence electrons. The molecule has 0 aliphatic carbocycles. The van der Waals surface area contributed by atoms with Crippen LogP contribution in [0.3, 0.4) is 0 Å². The van der Waals surface area contributed by atoms with E-state index in [1.54, 1.807) is 25.1 Å². The summed E-state index contributed by atoms with van der Waals surface area (Å²) >= 11 is 0.896. The summed E-state index contributed by atoms with van der Waals surface area (Å²) in [5.41, 5.74) is 0.667. The molecule has 1 aromatic carbocycles. The maximum Gasteiger partial charge on any atom is 0.342 e. The van der Waals surface area contributed by atoms with Crippen LogP contribution in [0, 0.1) is 6.92 Å². The number of carboxylic acid groups (broad SMARTS) is 1. The first-order chi connectivity index (χ1) is 11.9. The van der Waals surface area contributed by atoms with Crippen molar-refractivity contribution < 1.29 is 23.8 Å². The van der Waals surface area contributed by atoms with E-state index in [4.69, 9.17) is 13.9 Å². The van der Waals surface area contributed by atoms with E-state index in [2.05, 4.69) is 10.2 Å². The third-order valence-electron chi connectivity index (χ3n) is 2.84. The fourth-order valence-electron chi connectivity index (χ4n) is 1.93. The molecule has 0 bridgehead atoms. The molecule has 1 heterocycles. The highest BCUT2D eigenvalue weighted by Gasteiger charge is 2.15. The summed E-state index contributed by atoms with van der Waals surface area (Å²) in [5, 5.41) is 17.1. The lowest BCUT2D eigenvalue weighted by atomic mass is 10.2. The van der Waals surface area contributed by atoms with Gasteiger partial charge < -0.3 is 19.0 Å². The van der Waals surface area contributed by atoms with Crippen LogP contribution in [0.15, 0.2) is 32.7 Å². The number of nitrogens with zero attached hydrogens (tertiary/aromatic N) is 2. The second-order valence-corrected chi connectivity index (χ2v) is 6.30. The lowest BCUT2D eigenvalue weighted by Crippen LogP contribution is -2.07. The lowest BCUT2D eigenvalue weighted by molar-refractivity contribution is -0.131. The van der Waals surface area contributed by atoms with Crippen molar-refractivity contribution in [2.45, 2.75) is 39.0 Å². The summed E-state index contributed by atoms with van der Waals surface area (Å²) in [7, 11) is 0. The molecule has 0 atom stereocenters. The van der Waals surface area contributed by atoms with E-state index in [0.29, 0.717) is 29.6 Å². The van der Waals surface area contributed by atoms with E-state index >= 15 is 0 Å². The molecule has 7 nitrogen and oxygen atoms in total. The van der Waals surface area contributed by atoms with Crippen molar-refractivity contribution in [1.29, 1.82) is 0 Å². The molecule has 25 heavy (non-hydrogen) atoms. The molecule has 8 heteroatoms. The van der Waals surface area contributed by atoms with Crippen LogP contribution in [-0.2, 0) is 4.79 Å². The van der Waals surface area contributed by atoms with Crippen LogP contribution < -0.4 is 9.47 Å². The van der Waals surface area contributed by atoms with Crippen molar-refractivity contribution in [3.05, 3.63) is 34.6 Å². The summed E-state index contributed by atoms with van der Waals surface area (Å²) in [6.07, 6.45) is 1.53. The Labute approximate surface area is 150 Å². The van der Waals surface area contributed by atoms with Crippen LogP contribution >= 0.6 is 11.8 Å². The van der Waals surface area contributed by atoms with E-state index in [1.165, 1.54) is 6.08 Å². The first-order valence-electron chi connectivity index (χ1n) is 7.75. The number of aromatic nitrogens is 2. The van der Waals surface area contributed by atoms with Gasteiger partial charge in [-0.25, -0.2) is 4.79 Å². The number of benzene rings is 1. The number of hydrogen-bond acceptors (Lipinski definition) is 7. The predicted octanol–water partition coefficient (Wildman–Crippen LogP) is 3.78. The smallest absolute Gasteiger partial charge is 0.342 e. The molecule has 1 N–H and O–H groups in total. The topological polar surface area (TPSA) is 94.7 Å². The maximum atomic E-state index is 11.5. The Kier molecular flexibility index (Phi) is 6.46. The highest BCUT2D eigenvalue weighted by molar-refractivity contribution is 8.03. The zero-order valence-corrected chi connectivity index (χ0v) is 15.3. The number of rotatable bonds is 8. The third kappa shape index (κ3) is 5.53. The van der Waals surface area contributed by atoms with Gasteiger partial charge in [0.25, 0.3) is 5.22 Å². The molecular formula is C17H20N2O5S. The van der Waals surface area contributed by atoms with Gasteiger partial charge >= 0.3 is 5.97 Å². The summed E-state index contributed by atoms with van der Waals surface area (Å²) in [6, 6.07) is 5.27. The van der Waals surface area contributed by atoms with E-state index in [9.17, 15) is 9.90 Å². The summed E-state index contributed by atoms with van der Waals surface area (Å²) in [6.45, 7) is 7.84. The number of aliphatic carboxylic acids is 1. The first kappa shape index (κ1) is 18.9. The summed E-state index contributed by atoms with van der Waals surface area (Å²) in [4.78, 5) is 11.6. The molecule has 0 saturated heterocycles. The highest BCUT2D eigenvalue weighted by atomic mass is 32.2. The highest BCUT2D eigenvalue weighted by Crippen LogP contribution is 2.32. The van der Waals surface area contributed by atoms with Crippen LogP contribution in [0.2, 0.25) is 0 Å². The Balaban J connectivity index is 2.31. The Morgan fingerprint density at radius 1 is 1.36 bits per heavy atom. The zero-order valence-electron chi connectivity index (χ0n) is 14.5. The van der Waals surface area contributed by atoms with Crippen LogP contribution in [0.25, 0.3) is 6.08 Å². The molecule has 1 aromatic heterocycles. The second-order valence-electron chi connectivity index (χ2n) is 5.31. The van der Waals surface area contributed by atoms with E-state index in [1.807, 2.05) is 20.8 Å². The Morgan fingerprint density at radius 3 is 2.68 bits per heavy atom. The molecule has 0 amide bonds. The summed E-state index contributed by atoms with van der Waals surface area (Å²) < 4.78 is 16.5. The molecular weight excluding hydrogens is 344 g/mol. The Bertz CT molecular complexity index is 770.